The summed E-state index contributed by atoms with van der Waals surface area (Å²) in [7, 11) is 0. The highest BCUT2D eigenvalue weighted by Crippen LogP contribution is 2.48. The number of aromatic nitrogens is 2. The summed E-state index contributed by atoms with van der Waals surface area (Å²) >= 11 is 0. The van der Waals surface area contributed by atoms with Gasteiger partial charge in [0, 0.05) is 50.2 Å². The largest absolute Gasteiger partial charge is 0.457 e. The third kappa shape index (κ3) is 7.43. The number of anilines is 4. The number of nitriles is 1. The molecule has 9 aromatic rings. The van der Waals surface area contributed by atoms with Gasteiger partial charge in [0.1, 0.15) is 24.0 Å². The molecular formula is C58H51N5O. The smallest absolute Gasteiger partial charge is 0.137 e. The highest BCUT2D eigenvalue weighted by Gasteiger charge is 2.31. The molecule has 0 saturated carbocycles. The van der Waals surface area contributed by atoms with Crippen LogP contribution in [0.4, 0.5) is 22.7 Å². The predicted octanol–water partition coefficient (Wildman–Crippen LogP) is 15.3. The second-order valence-corrected chi connectivity index (χ2v) is 18.4. The quantitative estimate of drug-likeness (QED) is 0.160. The van der Waals surface area contributed by atoms with E-state index >= 15 is 0 Å². The van der Waals surface area contributed by atoms with Gasteiger partial charge in [-0.15, -0.1) is 0 Å². The first kappa shape index (κ1) is 32.1. The minimum Gasteiger partial charge on any atom is -0.457 e. The Balaban J connectivity index is 1.07. The van der Waals surface area contributed by atoms with Crippen molar-refractivity contribution >= 4 is 44.6 Å². The van der Waals surface area contributed by atoms with Gasteiger partial charge in [0.25, 0.3) is 0 Å². The predicted molar refractivity (Wildman–Crippen MR) is 265 cm³/mol. The Morgan fingerprint density at radius 2 is 1.38 bits per heavy atom. The van der Waals surface area contributed by atoms with Gasteiger partial charge >= 0.3 is 0 Å². The first-order valence-electron chi connectivity index (χ1n) is 25.4. The maximum absolute atomic E-state index is 9.91. The van der Waals surface area contributed by atoms with Crippen molar-refractivity contribution in [3.05, 3.63) is 192 Å². The van der Waals surface area contributed by atoms with Crippen molar-refractivity contribution < 1.29 is 15.7 Å². The monoisotopic (exact) mass is 841 g/mol. The summed E-state index contributed by atoms with van der Waals surface area (Å²) in [6, 6.07) is 43.6. The number of rotatable bonds is 7. The van der Waals surface area contributed by atoms with Crippen LogP contribution in [0, 0.1) is 18.2 Å². The molecule has 6 nitrogen and oxygen atoms in total. The van der Waals surface area contributed by atoms with Gasteiger partial charge in [-0.25, -0.2) is 4.98 Å². The van der Waals surface area contributed by atoms with Gasteiger partial charge < -0.3 is 14.5 Å². The van der Waals surface area contributed by atoms with Gasteiger partial charge in [-0.05, 0) is 124 Å². The molecule has 0 amide bonds. The summed E-state index contributed by atoms with van der Waals surface area (Å²) in [4.78, 5) is 9.41. The molecule has 0 bridgehead atoms. The minimum atomic E-state index is -2.77. The lowest BCUT2D eigenvalue weighted by atomic mass is 9.80. The molecule has 0 saturated heterocycles. The maximum atomic E-state index is 9.91. The van der Waals surface area contributed by atoms with Crippen LogP contribution < -0.4 is 14.5 Å². The Morgan fingerprint density at radius 1 is 0.625 bits per heavy atom. The van der Waals surface area contributed by atoms with E-state index in [4.69, 9.17) is 20.7 Å². The summed E-state index contributed by atoms with van der Waals surface area (Å²) in [5.74, 6) is 1.27. The van der Waals surface area contributed by atoms with Gasteiger partial charge in [-0.2, -0.15) is 5.26 Å². The van der Waals surface area contributed by atoms with Crippen molar-refractivity contribution in [1.82, 2.24) is 9.55 Å². The molecule has 0 N–H and O–H groups in total. The minimum absolute atomic E-state index is 0.0774. The molecule has 0 aliphatic carbocycles. The van der Waals surface area contributed by atoms with Crippen molar-refractivity contribution in [3.8, 4) is 45.6 Å². The van der Waals surface area contributed by atoms with Crippen LogP contribution >= 0.6 is 0 Å². The second kappa shape index (κ2) is 15.6. The third-order valence-corrected chi connectivity index (χ3v) is 12.0. The Morgan fingerprint density at radius 3 is 2.11 bits per heavy atom. The molecule has 64 heavy (non-hydrogen) atoms. The van der Waals surface area contributed by atoms with Gasteiger partial charge in [0.2, 0.25) is 0 Å². The zero-order chi connectivity index (χ0) is 51.2. The SMILES string of the molecule is [2H]c1c([2H])c([2H])c(-c2cnc(-n3c4ccc(C#N)cc4c4ccc(Oc5cccc(N6CN(c7cc(C(C)(C)C)cc(C(C)(C)C)c7)c7cc(-c8ccccc8)ccc76)c5)cc43)cc2C([2H])([2H])[2H])c([2H])c1[2H]. The van der Waals surface area contributed by atoms with E-state index in [1.807, 2.05) is 42.5 Å². The van der Waals surface area contributed by atoms with E-state index in [9.17, 15) is 5.26 Å². The average molecular weight is 842 g/mol. The molecule has 1 aliphatic heterocycles. The van der Waals surface area contributed by atoms with Crippen LogP contribution in [0.3, 0.4) is 0 Å². The van der Waals surface area contributed by atoms with Gasteiger partial charge in [0.15, 0.2) is 0 Å². The van der Waals surface area contributed by atoms with E-state index in [-0.39, 0.29) is 33.3 Å². The highest BCUT2D eigenvalue weighted by molar-refractivity contribution is 6.10. The van der Waals surface area contributed by atoms with Crippen LogP contribution in [0.1, 0.15) is 74.8 Å². The van der Waals surface area contributed by atoms with Crippen LogP contribution in [0.25, 0.3) is 49.9 Å². The van der Waals surface area contributed by atoms with Gasteiger partial charge in [-0.1, -0.05) is 120 Å². The molecule has 10 rings (SSSR count). The number of nitrogens with zero attached hydrogens (tertiary/aromatic N) is 5. The summed E-state index contributed by atoms with van der Waals surface area (Å²) in [5, 5.41) is 11.4. The fourth-order valence-corrected chi connectivity index (χ4v) is 8.53. The van der Waals surface area contributed by atoms with E-state index in [0.29, 0.717) is 34.8 Å². The van der Waals surface area contributed by atoms with Crippen LogP contribution in [0.5, 0.6) is 11.5 Å². The lowest BCUT2D eigenvalue weighted by molar-refractivity contribution is 0.483. The molecule has 0 fully saturated rings. The summed E-state index contributed by atoms with van der Waals surface area (Å²) < 4.78 is 76.1. The number of pyridine rings is 1. The summed E-state index contributed by atoms with van der Waals surface area (Å²) in [6.45, 7) is 11.3. The molecule has 0 unspecified atom stereocenters. The van der Waals surface area contributed by atoms with E-state index in [2.05, 4.69) is 124 Å². The standard InChI is InChI=1S/C58H51N5O/c1-38-27-56(60-36-51(38)41-17-12-9-13-18-41)63-52-25-21-39(35-59)28-50(52)49-24-23-48(34-54(49)63)64-47-20-14-19-45(33-47)61-37-62(46-31-43(57(2,3)4)30-44(32-46)58(5,6)7)55-29-42(22-26-53(55)61)40-15-10-8-11-16-40/h8-34,36H,37H2,1-7H3/i1D3,9D,12D,13D,17D,18D. The van der Waals surface area contributed by atoms with Crippen LogP contribution in [-0.4, -0.2) is 16.2 Å². The molecule has 6 heteroatoms. The fourth-order valence-electron chi connectivity index (χ4n) is 8.53. The normalized spacial score (nSPS) is 14.8. The number of fused-ring (bicyclic) bond motifs is 4. The number of aryl methyl sites for hydroxylation is 1. The van der Waals surface area contributed by atoms with Gasteiger partial charge in [-0.3, -0.25) is 4.57 Å². The average Bonchev–Trinajstić information content (AvgIpc) is 3.90. The number of hydrogen-bond acceptors (Lipinski definition) is 5. The Kier molecular flexibility index (Phi) is 7.84. The van der Waals surface area contributed by atoms with Crippen molar-refractivity contribution in [2.75, 3.05) is 16.5 Å². The summed E-state index contributed by atoms with van der Waals surface area (Å²) in [6.07, 6.45) is 1.25. The number of ether oxygens (including phenoxy) is 1. The topological polar surface area (TPSA) is 57.3 Å². The van der Waals surface area contributed by atoms with Crippen molar-refractivity contribution in [3.63, 3.8) is 0 Å². The highest BCUT2D eigenvalue weighted by atomic mass is 16.5. The Labute approximate surface area is 387 Å². The Bertz CT molecular complexity index is 3630. The molecule has 314 valence electrons. The van der Waals surface area contributed by atoms with Crippen LogP contribution in [0.2, 0.25) is 0 Å². The van der Waals surface area contributed by atoms with E-state index in [1.165, 1.54) is 23.4 Å². The molecular weight excluding hydrogens is 783 g/mol. The maximum Gasteiger partial charge on any atom is 0.137 e. The van der Waals surface area contributed by atoms with E-state index in [1.54, 1.807) is 22.8 Å². The van der Waals surface area contributed by atoms with Crippen LogP contribution in [0.15, 0.2) is 170 Å². The van der Waals surface area contributed by atoms with Crippen LogP contribution in [-0.2, 0) is 10.8 Å². The molecule has 0 radical (unpaired) electrons. The fraction of sp³-hybridized carbons (Fsp3) is 0.172. The molecule has 7 aromatic carbocycles. The molecule has 1 aliphatic rings. The first-order valence-corrected chi connectivity index (χ1v) is 21.4. The Hall–Kier alpha value is -7.62. The third-order valence-electron chi connectivity index (χ3n) is 12.0. The lowest BCUT2D eigenvalue weighted by Crippen LogP contribution is -2.25. The molecule has 2 aromatic heterocycles. The number of hydrogen-bond donors (Lipinski definition) is 0. The first-order chi connectivity index (χ1) is 34.1. The second-order valence-electron chi connectivity index (χ2n) is 18.4. The molecule has 0 spiro atoms. The van der Waals surface area contributed by atoms with E-state index in [0.717, 1.165) is 44.6 Å². The zero-order valence-corrected chi connectivity index (χ0v) is 36.6. The van der Waals surface area contributed by atoms with Crippen molar-refractivity contribution in [2.24, 2.45) is 0 Å². The molecule has 0 atom stereocenters. The van der Waals surface area contributed by atoms with E-state index < -0.39 is 37.1 Å². The number of benzene rings is 7. The van der Waals surface area contributed by atoms with Crippen molar-refractivity contribution in [1.29, 1.82) is 5.26 Å². The van der Waals surface area contributed by atoms with Gasteiger partial charge in [0.05, 0.1) is 40.9 Å². The van der Waals surface area contributed by atoms with Crippen molar-refractivity contribution in [2.45, 2.75) is 59.2 Å². The lowest BCUT2D eigenvalue weighted by Gasteiger charge is -2.29. The zero-order valence-electron chi connectivity index (χ0n) is 44.6. The summed E-state index contributed by atoms with van der Waals surface area (Å²) in [5.41, 5.74) is 9.88. The molecule has 3 heterocycles.